The molecule has 0 radical (unpaired) electrons. The molecular weight excluding hydrogens is 442 g/mol. The maximum atomic E-state index is 5.88. The first-order valence-electron chi connectivity index (χ1n) is 14.5. The second-order valence-corrected chi connectivity index (χ2v) is 10.1. The van der Waals surface area contributed by atoms with Gasteiger partial charge in [-0.25, -0.2) is 9.97 Å². The minimum Gasteiger partial charge on any atom is -0.494 e. The van der Waals surface area contributed by atoms with Gasteiger partial charge in [0.2, 0.25) is 5.95 Å². The lowest BCUT2D eigenvalue weighted by atomic mass is 10.0. The largest absolute Gasteiger partial charge is 0.494 e. The molecule has 0 saturated heterocycles. The minimum absolute atomic E-state index is 0.393. The average Bonchev–Trinajstić information content (AvgIpc) is 2.90. The van der Waals surface area contributed by atoms with E-state index in [1.54, 1.807) is 0 Å². The highest BCUT2D eigenvalue weighted by atomic mass is 16.5. The molecule has 2 N–H and O–H groups in total. The number of hydrogen-bond acceptors (Lipinski definition) is 4. The first-order valence-corrected chi connectivity index (χ1v) is 14.5. The topological polar surface area (TPSA) is 61.0 Å². The molecule has 0 spiro atoms. The lowest BCUT2D eigenvalue weighted by Crippen LogP contribution is -2.01. The predicted molar refractivity (Wildman–Crippen MR) is 153 cm³/mol. The maximum Gasteiger partial charge on any atom is 0.220 e. The fourth-order valence-electron chi connectivity index (χ4n) is 4.93. The summed E-state index contributed by atoms with van der Waals surface area (Å²) in [6.07, 6.45) is 22.6. The number of aryl methyl sites for hydroxylation is 1. The summed E-state index contributed by atoms with van der Waals surface area (Å²) < 4.78 is 5.76. The summed E-state index contributed by atoms with van der Waals surface area (Å²) in [6.45, 7) is 0.847. The van der Waals surface area contributed by atoms with Crippen molar-refractivity contribution < 1.29 is 4.74 Å². The van der Waals surface area contributed by atoms with E-state index < -0.39 is 0 Å². The van der Waals surface area contributed by atoms with E-state index in [2.05, 4.69) is 22.1 Å². The van der Waals surface area contributed by atoms with E-state index in [1.807, 2.05) is 42.5 Å². The van der Waals surface area contributed by atoms with Crippen LogP contribution in [0.15, 0.2) is 54.6 Å². The number of anilines is 1. The summed E-state index contributed by atoms with van der Waals surface area (Å²) >= 11 is 0. The van der Waals surface area contributed by atoms with Gasteiger partial charge in [0.05, 0.1) is 17.8 Å². The molecule has 196 valence electrons. The summed E-state index contributed by atoms with van der Waals surface area (Å²) in [5.41, 5.74) is 7.95. The van der Waals surface area contributed by atoms with Crippen molar-refractivity contribution in [3.63, 3.8) is 0 Å². The smallest absolute Gasteiger partial charge is 0.220 e. The maximum absolute atomic E-state index is 5.88. The molecule has 1 heterocycles. The van der Waals surface area contributed by atoms with E-state index in [0.29, 0.717) is 5.95 Å². The monoisotopic (exact) mass is 489 g/mol. The SMILES string of the molecule is Nc1nc(CCCCCCCCCCCCCCCCCCOc2ccccc2)c2ccccc2n1. The zero-order valence-electron chi connectivity index (χ0n) is 22.3. The van der Waals surface area contributed by atoms with Crippen LogP contribution < -0.4 is 10.5 Å². The zero-order valence-corrected chi connectivity index (χ0v) is 22.3. The highest BCUT2D eigenvalue weighted by Crippen LogP contribution is 2.19. The van der Waals surface area contributed by atoms with Crippen molar-refractivity contribution in [3.8, 4) is 5.75 Å². The van der Waals surface area contributed by atoms with Gasteiger partial charge in [0.25, 0.3) is 0 Å². The molecule has 0 bridgehead atoms. The van der Waals surface area contributed by atoms with Crippen molar-refractivity contribution in [2.45, 2.75) is 109 Å². The Morgan fingerprint density at radius 2 is 1.03 bits per heavy atom. The van der Waals surface area contributed by atoms with E-state index >= 15 is 0 Å². The van der Waals surface area contributed by atoms with Gasteiger partial charge in [-0.1, -0.05) is 126 Å². The van der Waals surface area contributed by atoms with Gasteiger partial charge in [-0.05, 0) is 37.5 Å². The Balaban J connectivity index is 1.04. The van der Waals surface area contributed by atoms with Gasteiger partial charge in [0.1, 0.15) is 5.75 Å². The van der Waals surface area contributed by atoms with Gasteiger partial charge in [-0.2, -0.15) is 0 Å². The molecule has 3 aromatic rings. The van der Waals surface area contributed by atoms with Gasteiger partial charge >= 0.3 is 0 Å². The summed E-state index contributed by atoms with van der Waals surface area (Å²) in [6, 6.07) is 18.3. The number of unbranched alkanes of at least 4 members (excludes halogenated alkanes) is 15. The van der Waals surface area contributed by atoms with Gasteiger partial charge in [0, 0.05) is 5.39 Å². The molecule has 0 aliphatic heterocycles. The molecule has 36 heavy (non-hydrogen) atoms. The van der Waals surface area contributed by atoms with Crippen LogP contribution in [0.25, 0.3) is 10.9 Å². The van der Waals surface area contributed by atoms with Crippen LogP contribution in [0.4, 0.5) is 5.95 Å². The van der Waals surface area contributed by atoms with Crippen LogP contribution in [0.1, 0.15) is 108 Å². The van der Waals surface area contributed by atoms with Gasteiger partial charge in [-0.3, -0.25) is 0 Å². The molecule has 0 atom stereocenters. The third-order valence-corrected chi connectivity index (χ3v) is 7.02. The van der Waals surface area contributed by atoms with Crippen molar-refractivity contribution in [3.05, 3.63) is 60.3 Å². The number of benzene rings is 2. The first kappa shape index (κ1) is 28.0. The summed E-state index contributed by atoms with van der Waals surface area (Å²) in [5, 5.41) is 1.15. The molecule has 4 nitrogen and oxygen atoms in total. The molecule has 0 saturated carbocycles. The number of hydrogen-bond donors (Lipinski definition) is 1. The quantitative estimate of drug-likeness (QED) is 0.161. The predicted octanol–water partition coefficient (Wildman–Crippen LogP) is 9.08. The van der Waals surface area contributed by atoms with Crippen molar-refractivity contribution in [2.75, 3.05) is 12.3 Å². The van der Waals surface area contributed by atoms with Crippen LogP contribution >= 0.6 is 0 Å². The number of ether oxygens (including phenoxy) is 1. The number of nitrogens with zero attached hydrogens (tertiary/aromatic N) is 2. The molecule has 0 unspecified atom stereocenters. The Labute approximate surface area is 219 Å². The number of aromatic nitrogens is 2. The second kappa shape index (κ2) is 17.8. The second-order valence-electron chi connectivity index (χ2n) is 10.1. The van der Waals surface area contributed by atoms with Crippen molar-refractivity contribution in [1.82, 2.24) is 9.97 Å². The normalized spacial score (nSPS) is 11.2. The number of para-hydroxylation sites is 2. The summed E-state index contributed by atoms with van der Waals surface area (Å²) in [4.78, 5) is 8.82. The van der Waals surface area contributed by atoms with E-state index in [9.17, 15) is 0 Å². The molecular formula is C32H47N3O. The van der Waals surface area contributed by atoms with Crippen LogP contribution in [0.5, 0.6) is 5.75 Å². The van der Waals surface area contributed by atoms with Crippen molar-refractivity contribution in [1.29, 1.82) is 0 Å². The fourth-order valence-corrected chi connectivity index (χ4v) is 4.93. The summed E-state index contributed by atoms with van der Waals surface area (Å²) in [7, 11) is 0. The van der Waals surface area contributed by atoms with Crippen LogP contribution in [0.2, 0.25) is 0 Å². The summed E-state index contributed by atoms with van der Waals surface area (Å²) in [5.74, 6) is 1.39. The Morgan fingerprint density at radius 1 is 0.528 bits per heavy atom. The zero-order chi connectivity index (χ0) is 25.1. The molecule has 2 aromatic carbocycles. The van der Waals surface area contributed by atoms with Gasteiger partial charge < -0.3 is 10.5 Å². The standard InChI is InChI=1S/C32H47N3O/c33-32-34-30(29-24-19-20-26-31(29)35-32)25-18-13-11-9-7-5-3-1-2-4-6-8-10-12-14-21-27-36-28-22-16-15-17-23-28/h15-17,19-20,22-24,26H,1-14,18,21,25,27H2,(H2,33,34,35). The highest BCUT2D eigenvalue weighted by Gasteiger charge is 2.05. The first-order chi connectivity index (χ1) is 17.8. The van der Waals surface area contributed by atoms with E-state index in [-0.39, 0.29) is 0 Å². The minimum atomic E-state index is 0.393. The number of fused-ring (bicyclic) bond motifs is 1. The Bertz CT molecular complexity index is 960. The fraction of sp³-hybridized carbons (Fsp3) is 0.562. The lowest BCUT2D eigenvalue weighted by Gasteiger charge is -2.07. The van der Waals surface area contributed by atoms with Gasteiger partial charge in [0.15, 0.2) is 0 Å². The van der Waals surface area contributed by atoms with Crippen LogP contribution in [-0.4, -0.2) is 16.6 Å². The third kappa shape index (κ3) is 11.4. The van der Waals surface area contributed by atoms with Crippen molar-refractivity contribution in [2.24, 2.45) is 0 Å². The third-order valence-electron chi connectivity index (χ3n) is 7.02. The lowest BCUT2D eigenvalue weighted by molar-refractivity contribution is 0.304. The Hall–Kier alpha value is -2.62. The molecule has 4 heteroatoms. The van der Waals surface area contributed by atoms with E-state index in [1.165, 1.54) is 103 Å². The molecule has 3 rings (SSSR count). The Kier molecular flexibility index (Phi) is 13.8. The van der Waals surface area contributed by atoms with E-state index in [0.717, 1.165) is 35.4 Å². The highest BCUT2D eigenvalue weighted by molar-refractivity contribution is 5.81. The van der Waals surface area contributed by atoms with Crippen LogP contribution in [0, 0.1) is 0 Å². The van der Waals surface area contributed by atoms with E-state index in [4.69, 9.17) is 10.5 Å². The van der Waals surface area contributed by atoms with Crippen molar-refractivity contribution >= 4 is 16.9 Å². The molecule has 0 amide bonds. The molecule has 0 aliphatic carbocycles. The number of nitrogen functional groups attached to an aromatic ring is 1. The Morgan fingerprint density at radius 3 is 1.64 bits per heavy atom. The van der Waals surface area contributed by atoms with Crippen LogP contribution in [-0.2, 0) is 6.42 Å². The van der Waals surface area contributed by atoms with Crippen LogP contribution in [0.3, 0.4) is 0 Å². The molecule has 0 fully saturated rings. The molecule has 0 aliphatic rings. The number of rotatable bonds is 20. The van der Waals surface area contributed by atoms with Gasteiger partial charge in [-0.15, -0.1) is 0 Å². The average molecular weight is 490 g/mol. The molecule has 1 aromatic heterocycles. The number of nitrogens with two attached hydrogens (primary N) is 1.